The Bertz CT molecular complexity index is 1160. The molecule has 4 aromatic rings. The number of aromatic nitrogens is 2. The number of rotatable bonds is 6. The second kappa shape index (κ2) is 8.66. The van der Waals surface area contributed by atoms with E-state index in [0.29, 0.717) is 23.7 Å². The third-order valence-corrected chi connectivity index (χ3v) is 4.71. The molecule has 1 heterocycles. The molecule has 0 saturated carbocycles. The largest absolute Gasteiger partial charge is 0.494 e. The number of hydrogen-bond donors (Lipinski definition) is 2. The molecular weight excluding hydrogens is 374 g/mol. The smallest absolute Gasteiger partial charge is 0.255 e. The van der Waals surface area contributed by atoms with Crippen molar-refractivity contribution in [3.05, 3.63) is 95.3 Å². The zero-order valence-corrected chi connectivity index (χ0v) is 17.0. The summed E-state index contributed by atoms with van der Waals surface area (Å²) in [5.41, 5.74) is 4.98. The van der Waals surface area contributed by atoms with Crippen molar-refractivity contribution >= 4 is 28.7 Å². The molecule has 0 radical (unpaired) electrons. The van der Waals surface area contributed by atoms with Crippen LogP contribution in [0.15, 0.2) is 72.8 Å². The lowest BCUT2D eigenvalue weighted by atomic mass is 10.1. The van der Waals surface area contributed by atoms with E-state index in [-0.39, 0.29) is 5.91 Å². The van der Waals surface area contributed by atoms with Crippen LogP contribution in [-0.2, 0) is 0 Å². The number of H-pyrrole nitrogens is 1. The number of nitrogens with one attached hydrogen (secondary N) is 2. The van der Waals surface area contributed by atoms with Crippen LogP contribution in [0.3, 0.4) is 0 Å². The van der Waals surface area contributed by atoms with Gasteiger partial charge in [0.1, 0.15) is 5.75 Å². The predicted octanol–water partition coefficient (Wildman–Crippen LogP) is 5.20. The Labute approximate surface area is 175 Å². The van der Waals surface area contributed by atoms with Crippen LogP contribution in [0, 0.1) is 6.92 Å². The van der Waals surface area contributed by atoms with E-state index >= 15 is 0 Å². The molecular formula is C25H23N3O2. The molecule has 5 heteroatoms. The maximum atomic E-state index is 12.9. The lowest BCUT2D eigenvalue weighted by Crippen LogP contribution is -2.22. The van der Waals surface area contributed by atoms with Gasteiger partial charge in [-0.05, 0) is 61.9 Å². The molecule has 0 aliphatic heterocycles. The molecule has 2 N–H and O–H groups in total. The van der Waals surface area contributed by atoms with Crippen LogP contribution in [-0.4, -0.2) is 22.5 Å². The fraction of sp³-hybridized carbons (Fsp3) is 0.120. The number of aromatic amines is 1. The van der Waals surface area contributed by atoms with Crippen LogP contribution in [0.5, 0.6) is 5.75 Å². The number of imidazole rings is 1. The summed E-state index contributed by atoms with van der Waals surface area (Å²) < 4.78 is 5.51. The molecule has 0 atom stereocenters. The number of fused-ring (bicyclic) bond motifs is 1. The number of ether oxygens (including phenoxy) is 1. The van der Waals surface area contributed by atoms with E-state index in [1.54, 1.807) is 0 Å². The topological polar surface area (TPSA) is 67.0 Å². The van der Waals surface area contributed by atoms with Crippen molar-refractivity contribution in [3.63, 3.8) is 0 Å². The SMILES string of the molecule is CCOc1ccc(/C=C(\NC(=O)c2ccc(C)cc2)c2nc3ccccc3[nH]2)cc1. The summed E-state index contributed by atoms with van der Waals surface area (Å²) in [4.78, 5) is 20.8. The van der Waals surface area contributed by atoms with E-state index in [1.165, 1.54) is 0 Å². The normalized spacial score (nSPS) is 11.5. The third kappa shape index (κ3) is 4.41. The molecule has 0 fully saturated rings. The molecule has 0 spiro atoms. The summed E-state index contributed by atoms with van der Waals surface area (Å²) in [7, 11) is 0. The van der Waals surface area contributed by atoms with Crippen molar-refractivity contribution in [2.45, 2.75) is 13.8 Å². The number of benzene rings is 3. The molecule has 0 aliphatic rings. The van der Waals surface area contributed by atoms with Crippen molar-refractivity contribution < 1.29 is 9.53 Å². The maximum absolute atomic E-state index is 12.9. The highest BCUT2D eigenvalue weighted by Gasteiger charge is 2.13. The zero-order valence-electron chi connectivity index (χ0n) is 17.0. The van der Waals surface area contributed by atoms with Gasteiger partial charge in [-0.25, -0.2) is 4.98 Å². The third-order valence-electron chi connectivity index (χ3n) is 4.71. The number of carbonyl (C=O) groups is 1. The van der Waals surface area contributed by atoms with Gasteiger partial charge in [-0.1, -0.05) is 42.0 Å². The molecule has 0 bridgehead atoms. The standard InChI is InChI=1S/C25H23N3O2/c1-3-30-20-14-10-18(11-15-20)16-23(24-26-21-6-4-5-7-22(21)27-24)28-25(29)19-12-8-17(2)9-13-19/h4-16H,3H2,1-2H3,(H,26,27)(H,28,29)/b23-16-. The molecule has 1 aromatic heterocycles. The second-order valence-electron chi connectivity index (χ2n) is 6.98. The van der Waals surface area contributed by atoms with Gasteiger partial charge in [0.25, 0.3) is 5.91 Å². The van der Waals surface area contributed by atoms with Crippen LogP contribution in [0.4, 0.5) is 0 Å². The second-order valence-corrected chi connectivity index (χ2v) is 6.98. The molecule has 5 nitrogen and oxygen atoms in total. The van der Waals surface area contributed by atoms with Crippen molar-refractivity contribution in [2.75, 3.05) is 6.61 Å². The zero-order chi connectivity index (χ0) is 20.9. The molecule has 0 saturated heterocycles. The number of nitrogens with zero attached hydrogens (tertiary/aromatic N) is 1. The summed E-state index contributed by atoms with van der Waals surface area (Å²) in [6.07, 6.45) is 1.90. The fourth-order valence-corrected chi connectivity index (χ4v) is 3.14. The lowest BCUT2D eigenvalue weighted by molar-refractivity contribution is 0.0973. The summed E-state index contributed by atoms with van der Waals surface area (Å²) in [5, 5.41) is 3.02. The van der Waals surface area contributed by atoms with Crippen LogP contribution < -0.4 is 10.1 Å². The van der Waals surface area contributed by atoms with E-state index in [1.807, 2.05) is 92.7 Å². The number of hydrogen-bond acceptors (Lipinski definition) is 3. The van der Waals surface area contributed by atoms with E-state index in [0.717, 1.165) is 27.9 Å². The minimum Gasteiger partial charge on any atom is -0.494 e. The van der Waals surface area contributed by atoms with Gasteiger partial charge in [-0.3, -0.25) is 4.79 Å². The lowest BCUT2D eigenvalue weighted by Gasteiger charge is -2.09. The highest BCUT2D eigenvalue weighted by atomic mass is 16.5. The van der Waals surface area contributed by atoms with Gasteiger partial charge >= 0.3 is 0 Å². The van der Waals surface area contributed by atoms with Gasteiger partial charge in [-0.15, -0.1) is 0 Å². The quantitative estimate of drug-likeness (QED) is 0.470. The molecule has 0 unspecified atom stereocenters. The van der Waals surface area contributed by atoms with Crippen molar-refractivity contribution in [1.29, 1.82) is 0 Å². The molecule has 3 aromatic carbocycles. The molecule has 150 valence electrons. The maximum Gasteiger partial charge on any atom is 0.255 e. The van der Waals surface area contributed by atoms with Crippen molar-refractivity contribution in [3.8, 4) is 5.75 Å². The van der Waals surface area contributed by atoms with E-state index < -0.39 is 0 Å². The van der Waals surface area contributed by atoms with Gasteiger partial charge in [0.15, 0.2) is 5.82 Å². The minimum absolute atomic E-state index is 0.187. The number of para-hydroxylation sites is 2. The van der Waals surface area contributed by atoms with Crippen LogP contribution in [0.25, 0.3) is 22.8 Å². The summed E-state index contributed by atoms with van der Waals surface area (Å²) in [6, 6.07) is 23.0. The van der Waals surface area contributed by atoms with Crippen LogP contribution in [0.1, 0.15) is 34.2 Å². The Kier molecular flexibility index (Phi) is 5.61. The monoisotopic (exact) mass is 397 g/mol. The number of carbonyl (C=O) groups excluding carboxylic acids is 1. The highest BCUT2D eigenvalue weighted by Crippen LogP contribution is 2.20. The van der Waals surface area contributed by atoms with Crippen molar-refractivity contribution in [2.24, 2.45) is 0 Å². The van der Waals surface area contributed by atoms with E-state index in [4.69, 9.17) is 4.74 Å². The molecule has 30 heavy (non-hydrogen) atoms. The van der Waals surface area contributed by atoms with Crippen LogP contribution in [0.2, 0.25) is 0 Å². The summed E-state index contributed by atoms with van der Waals surface area (Å²) >= 11 is 0. The molecule has 0 aliphatic carbocycles. The summed E-state index contributed by atoms with van der Waals surface area (Å²) in [5.74, 6) is 1.22. The van der Waals surface area contributed by atoms with Gasteiger partial charge in [0.05, 0.1) is 23.3 Å². The summed E-state index contributed by atoms with van der Waals surface area (Å²) in [6.45, 7) is 4.56. The first-order chi connectivity index (χ1) is 14.6. The first-order valence-corrected chi connectivity index (χ1v) is 9.90. The average Bonchev–Trinajstić information content (AvgIpc) is 3.19. The molecule has 4 rings (SSSR count). The van der Waals surface area contributed by atoms with Gasteiger partial charge in [0.2, 0.25) is 0 Å². The first-order valence-electron chi connectivity index (χ1n) is 9.90. The Morgan fingerprint density at radius 1 is 1.03 bits per heavy atom. The predicted molar refractivity (Wildman–Crippen MR) is 120 cm³/mol. The number of aryl methyl sites for hydroxylation is 1. The van der Waals surface area contributed by atoms with E-state index in [2.05, 4.69) is 15.3 Å². The Balaban J connectivity index is 1.70. The van der Waals surface area contributed by atoms with Gasteiger partial charge in [0, 0.05) is 5.56 Å². The average molecular weight is 397 g/mol. The Morgan fingerprint density at radius 3 is 2.47 bits per heavy atom. The fourth-order valence-electron chi connectivity index (χ4n) is 3.14. The first kappa shape index (κ1) is 19.5. The van der Waals surface area contributed by atoms with Crippen molar-refractivity contribution in [1.82, 2.24) is 15.3 Å². The van der Waals surface area contributed by atoms with Crippen LogP contribution >= 0.6 is 0 Å². The minimum atomic E-state index is -0.187. The van der Waals surface area contributed by atoms with E-state index in [9.17, 15) is 4.79 Å². The Morgan fingerprint density at radius 2 is 1.77 bits per heavy atom. The number of amides is 1. The molecule has 1 amide bonds. The Hall–Kier alpha value is -3.86. The highest BCUT2D eigenvalue weighted by molar-refractivity contribution is 6.01. The van der Waals surface area contributed by atoms with Gasteiger partial charge < -0.3 is 15.0 Å². The van der Waals surface area contributed by atoms with Gasteiger partial charge in [-0.2, -0.15) is 0 Å².